The van der Waals surface area contributed by atoms with Gasteiger partial charge in [0.1, 0.15) is 11.5 Å². The van der Waals surface area contributed by atoms with Crippen molar-refractivity contribution in [2.24, 2.45) is 5.10 Å². The third kappa shape index (κ3) is 6.05. The van der Waals surface area contributed by atoms with E-state index in [-0.39, 0.29) is 24.7 Å². The molecule has 0 spiro atoms. The van der Waals surface area contributed by atoms with Crippen LogP contribution in [0.2, 0.25) is 0 Å². The van der Waals surface area contributed by atoms with Crippen LogP contribution < -0.4 is 33.8 Å². The normalized spacial score (nSPS) is 11.8. The van der Waals surface area contributed by atoms with E-state index in [1.165, 1.54) is 13.3 Å². The molecule has 0 radical (unpaired) electrons. The molecule has 0 atom stereocenters. The van der Waals surface area contributed by atoms with Gasteiger partial charge in [-0.25, -0.2) is 10.2 Å². The molecule has 1 heterocycles. The number of hydrogen-bond acceptors (Lipinski definition) is 9. The second-order valence-corrected chi connectivity index (χ2v) is 8.10. The van der Waals surface area contributed by atoms with Crippen LogP contribution in [-0.4, -0.2) is 45.7 Å². The van der Waals surface area contributed by atoms with Crippen molar-refractivity contribution in [2.45, 2.75) is 0 Å². The molecule has 186 valence electrons. The molecule has 0 saturated heterocycles. The summed E-state index contributed by atoms with van der Waals surface area (Å²) in [6.45, 7) is -0.145. The van der Waals surface area contributed by atoms with Gasteiger partial charge in [-0.2, -0.15) is 5.10 Å². The maximum atomic E-state index is 12.7. The van der Waals surface area contributed by atoms with E-state index in [1.54, 1.807) is 61.7 Å². The summed E-state index contributed by atoms with van der Waals surface area (Å²) in [7, 11) is 3.02. The highest BCUT2D eigenvalue weighted by atomic mass is 79.9. The lowest BCUT2D eigenvalue weighted by Gasteiger charge is -2.10. The molecular formula is C25H21BrN2O8. The van der Waals surface area contributed by atoms with Gasteiger partial charge >= 0.3 is 5.97 Å². The summed E-state index contributed by atoms with van der Waals surface area (Å²) in [5.41, 5.74) is 3.23. The number of nitrogens with one attached hydrogen (secondary N) is 1. The number of ether oxygens (including phenoxy) is 6. The van der Waals surface area contributed by atoms with Crippen molar-refractivity contribution in [1.82, 2.24) is 5.43 Å². The van der Waals surface area contributed by atoms with Gasteiger partial charge in [0.05, 0.1) is 30.5 Å². The zero-order valence-corrected chi connectivity index (χ0v) is 20.9. The zero-order valence-electron chi connectivity index (χ0n) is 19.3. The van der Waals surface area contributed by atoms with Crippen LogP contribution in [0.15, 0.2) is 64.2 Å². The van der Waals surface area contributed by atoms with E-state index in [0.717, 1.165) is 0 Å². The Morgan fingerprint density at radius 1 is 0.972 bits per heavy atom. The van der Waals surface area contributed by atoms with Crippen molar-refractivity contribution in [3.8, 4) is 34.5 Å². The number of rotatable bonds is 9. The van der Waals surface area contributed by atoms with E-state index in [9.17, 15) is 9.59 Å². The quantitative estimate of drug-likeness (QED) is 0.182. The molecule has 0 fully saturated rings. The van der Waals surface area contributed by atoms with Gasteiger partial charge in [-0.15, -0.1) is 0 Å². The molecular weight excluding hydrogens is 536 g/mol. The summed E-state index contributed by atoms with van der Waals surface area (Å²) in [6, 6.07) is 14.8. The smallest absolute Gasteiger partial charge is 0.343 e. The highest BCUT2D eigenvalue weighted by Crippen LogP contribution is 2.34. The molecule has 1 aliphatic heterocycles. The number of carbonyl (C=O) groups excluding carboxylic acids is 2. The van der Waals surface area contributed by atoms with Crippen LogP contribution in [0.3, 0.4) is 0 Å². The van der Waals surface area contributed by atoms with Crippen LogP contribution in [0.25, 0.3) is 0 Å². The number of halogens is 1. The third-order valence-electron chi connectivity index (χ3n) is 4.90. The van der Waals surface area contributed by atoms with E-state index in [2.05, 4.69) is 26.5 Å². The van der Waals surface area contributed by atoms with Gasteiger partial charge in [-0.05, 0) is 76.1 Å². The fourth-order valence-electron chi connectivity index (χ4n) is 3.12. The molecule has 36 heavy (non-hydrogen) atoms. The Kier molecular flexibility index (Phi) is 7.91. The van der Waals surface area contributed by atoms with E-state index in [0.29, 0.717) is 38.8 Å². The topological polar surface area (TPSA) is 114 Å². The maximum Gasteiger partial charge on any atom is 0.343 e. The summed E-state index contributed by atoms with van der Waals surface area (Å²) in [5.74, 6) is 1.64. The van der Waals surface area contributed by atoms with Crippen molar-refractivity contribution >= 4 is 34.0 Å². The molecule has 3 aromatic carbocycles. The van der Waals surface area contributed by atoms with E-state index < -0.39 is 11.9 Å². The first-order chi connectivity index (χ1) is 17.5. The number of hydrazone groups is 1. The SMILES string of the molecule is COc1ccc(OCC(=O)N/N=C\c2ccc(OC)c(OC(=O)c3ccc4c(c3)OCO4)c2)c(Br)c1. The Hall–Kier alpha value is -4.25. The summed E-state index contributed by atoms with van der Waals surface area (Å²) in [4.78, 5) is 24.7. The number of esters is 1. The first-order valence-corrected chi connectivity index (χ1v) is 11.3. The second-order valence-electron chi connectivity index (χ2n) is 7.25. The van der Waals surface area contributed by atoms with Crippen molar-refractivity contribution in [3.63, 3.8) is 0 Å². The first kappa shape index (κ1) is 24.9. The Balaban J connectivity index is 1.35. The highest BCUT2D eigenvalue weighted by molar-refractivity contribution is 9.10. The van der Waals surface area contributed by atoms with Gasteiger partial charge in [-0.3, -0.25) is 4.79 Å². The molecule has 0 unspecified atom stereocenters. The second kappa shape index (κ2) is 11.5. The predicted octanol–water partition coefficient (Wildman–Crippen LogP) is 3.94. The van der Waals surface area contributed by atoms with Gasteiger partial charge in [0.25, 0.3) is 5.91 Å². The average Bonchev–Trinajstić information content (AvgIpc) is 3.36. The van der Waals surface area contributed by atoms with Gasteiger partial charge < -0.3 is 28.4 Å². The predicted molar refractivity (Wildman–Crippen MR) is 132 cm³/mol. The van der Waals surface area contributed by atoms with E-state index in [4.69, 9.17) is 28.4 Å². The molecule has 11 heteroatoms. The summed E-state index contributed by atoms with van der Waals surface area (Å²) in [5, 5.41) is 3.93. The largest absolute Gasteiger partial charge is 0.497 e. The minimum Gasteiger partial charge on any atom is -0.497 e. The van der Waals surface area contributed by atoms with Crippen molar-refractivity contribution in [2.75, 3.05) is 27.6 Å². The number of carbonyl (C=O) groups is 2. The minimum atomic E-state index is -0.601. The van der Waals surface area contributed by atoms with Gasteiger partial charge in [0.2, 0.25) is 6.79 Å². The number of benzene rings is 3. The summed E-state index contributed by atoms with van der Waals surface area (Å²) >= 11 is 3.36. The number of nitrogens with zero attached hydrogens (tertiary/aromatic N) is 1. The molecule has 4 rings (SSSR count). The minimum absolute atomic E-state index is 0.102. The number of hydrogen-bond donors (Lipinski definition) is 1. The highest BCUT2D eigenvalue weighted by Gasteiger charge is 2.19. The standard InChI is InChI=1S/C25H21BrN2O8/c1-31-17-5-8-19(18(26)11-17)33-13-24(29)28-27-12-15-3-6-20(32-2)23(9-15)36-25(30)16-4-7-21-22(10-16)35-14-34-21/h3-12H,13-14H2,1-2H3,(H,28,29)/b27-12-. The molecule has 1 aliphatic rings. The number of amides is 1. The lowest BCUT2D eigenvalue weighted by Crippen LogP contribution is -2.24. The van der Waals surface area contributed by atoms with Gasteiger partial charge in [0.15, 0.2) is 29.6 Å². The zero-order chi connectivity index (χ0) is 25.5. The van der Waals surface area contributed by atoms with Crippen LogP contribution in [0.1, 0.15) is 15.9 Å². The van der Waals surface area contributed by atoms with Crippen LogP contribution in [-0.2, 0) is 4.79 Å². The molecule has 1 N–H and O–H groups in total. The Bertz CT molecular complexity index is 1310. The van der Waals surface area contributed by atoms with E-state index in [1.807, 2.05) is 0 Å². The average molecular weight is 557 g/mol. The summed E-state index contributed by atoms with van der Waals surface area (Å²) < 4.78 is 32.6. The number of fused-ring (bicyclic) bond motifs is 1. The van der Waals surface area contributed by atoms with Crippen LogP contribution in [0.4, 0.5) is 0 Å². The fraction of sp³-hybridized carbons (Fsp3) is 0.160. The Morgan fingerprint density at radius 2 is 1.78 bits per heavy atom. The van der Waals surface area contributed by atoms with E-state index >= 15 is 0 Å². The molecule has 0 aliphatic carbocycles. The Morgan fingerprint density at radius 3 is 2.56 bits per heavy atom. The maximum absolute atomic E-state index is 12.7. The van der Waals surface area contributed by atoms with Crippen LogP contribution >= 0.6 is 15.9 Å². The lowest BCUT2D eigenvalue weighted by molar-refractivity contribution is -0.123. The monoisotopic (exact) mass is 556 g/mol. The molecule has 0 aromatic heterocycles. The fourth-order valence-corrected chi connectivity index (χ4v) is 3.59. The number of methoxy groups -OCH3 is 2. The van der Waals surface area contributed by atoms with Gasteiger partial charge in [-0.1, -0.05) is 0 Å². The molecule has 10 nitrogen and oxygen atoms in total. The Labute approximate surface area is 214 Å². The van der Waals surface area contributed by atoms with Gasteiger partial charge in [0, 0.05) is 0 Å². The van der Waals surface area contributed by atoms with Crippen LogP contribution in [0.5, 0.6) is 34.5 Å². The van der Waals surface area contributed by atoms with Crippen molar-refractivity contribution < 1.29 is 38.0 Å². The molecule has 0 bridgehead atoms. The van der Waals surface area contributed by atoms with Crippen LogP contribution in [0, 0.1) is 0 Å². The van der Waals surface area contributed by atoms with Crippen molar-refractivity contribution in [3.05, 3.63) is 70.2 Å². The third-order valence-corrected chi connectivity index (χ3v) is 5.52. The molecule has 0 saturated carbocycles. The lowest BCUT2D eigenvalue weighted by atomic mass is 10.2. The molecule has 3 aromatic rings. The van der Waals surface area contributed by atoms with Crippen molar-refractivity contribution in [1.29, 1.82) is 0 Å². The molecule has 1 amide bonds. The summed E-state index contributed by atoms with van der Waals surface area (Å²) in [6.07, 6.45) is 1.40. The first-order valence-electron chi connectivity index (χ1n) is 10.5.